The molecule has 0 bridgehead atoms. The highest BCUT2D eigenvalue weighted by molar-refractivity contribution is 5.90. The first kappa shape index (κ1) is 18.4. The van der Waals surface area contributed by atoms with Gasteiger partial charge < -0.3 is 15.0 Å². The largest absolute Gasteiger partial charge is 0.466 e. The summed E-state index contributed by atoms with van der Waals surface area (Å²) in [7, 11) is 1.33. The summed E-state index contributed by atoms with van der Waals surface area (Å²) in [6.45, 7) is 4.60. The van der Waals surface area contributed by atoms with Crippen molar-refractivity contribution in [2.24, 2.45) is 0 Å². The van der Waals surface area contributed by atoms with Gasteiger partial charge in [-0.2, -0.15) is 0 Å². The number of carbonyl (C=O) groups is 3. The van der Waals surface area contributed by atoms with E-state index in [2.05, 4.69) is 11.9 Å². The Hall–Kier alpha value is -2.89. The molecule has 0 radical (unpaired) electrons. The van der Waals surface area contributed by atoms with Crippen molar-refractivity contribution in [1.82, 2.24) is 10.2 Å². The number of nitrogens with one attached hydrogen (secondary N) is 1. The van der Waals surface area contributed by atoms with E-state index in [1.165, 1.54) is 13.2 Å². The summed E-state index contributed by atoms with van der Waals surface area (Å²) in [4.78, 5) is 37.3. The van der Waals surface area contributed by atoms with Crippen LogP contribution in [0.25, 0.3) is 0 Å². The van der Waals surface area contributed by atoms with Gasteiger partial charge in [-0.3, -0.25) is 9.59 Å². The van der Waals surface area contributed by atoms with Gasteiger partial charge in [-0.15, -0.1) is 0 Å². The van der Waals surface area contributed by atoms with E-state index in [9.17, 15) is 14.4 Å². The van der Waals surface area contributed by atoms with Crippen LogP contribution in [0.4, 0.5) is 0 Å². The van der Waals surface area contributed by atoms with Crippen LogP contribution in [-0.4, -0.2) is 42.9 Å². The fraction of sp³-hybridized carbons (Fsp3) is 0.316. The van der Waals surface area contributed by atoms with Gasteiger partial charge in [0.25, 0.3) is 0 Å². The molecule has 1 aliphatic rings. The van der Waals surface area contributed by atoms with Crippen molar-refractivity contribution in [3.8, 4) is 0 Å². The van der Waals surface area contributed by atoms with Gasteiger partial charge in [0.15, 0.2) is 0 Å². The van der Waals surface area contributed by atoms with Crippen molar-refractivity contribution >= 4 is 17.8 Å². The van der Waals surface area contributed by atoms with E-state index in [0.29, 0.717) is 25.1 Å². The molecule has 0 saturated carbocycles. The Bertz CT molecular complexity index is 709. The summed E-state index contributed by atoms with van der Waals surface area (Å²) in [6.07, 6.45) is 3.87. The number of methoxy groups -OCH3 is 1. The molecule has 6 heteroatoms. The van der Waals surface area contributed by atoms with Crippen LogP contribution in [-0.2, 0) is 32.1 Å². The van der Waals surface area contributed by atoms with E-state index in [1.54, 1.807) is 4.90 Å². The molecule has 1 aliphatic heterocycles. The van der Waals surface area contributed by atoms with Gasteiger partial charge in [-0.05, 0) is 23.6 Å². The second-order valence-electron chi connectivity index (χ2n) is 5.69. The number of hydrogen-bond donors (Lipinski definition) is 1. The topological polar surface area (TPSA) is 75.7 Å². The zero-order chi connectivity index (χ0) is 18.2. The number of rotatable bonds is 6. The minimum atomic E-state index is -0.398. The molecule has 1 N–H and O–H groups in total. The smallest absolute Gasteiger partial charge is 0.335 e. The third-order valence-electron chi connectivity index (χ3n) is 4.05. The molecule has 25 heavy (non-hydrogen) atoms. The lowest BCUT2D eigenvalue weighted by Crippen LogP contribution is -2.38. The summed E-state index contributed by atoms with van der Waals surface area (Å²) >= 11 is 0. The van der Waals surface area contributed by atoms with Gasteiger partial charge >= 0.3 is 5.97 Å². The highest BCUT2D eigenvalue weighted by Crippen LogP contribution is 2.15. The number of amides is 2. The second kappa shape index (κ2) is 8.82. The van der Waals surface area contributed by atoms with Crippen LogP contribution in [0.15, 0.2) is 48.6 Å². The van der Waals surface area contributed by atoms with Crippen molar-refractivity contribution in [2.75, 3.05) is 20.2 Å². The molecule has 132 valence electrons. The minimum Gasteiger partial charge on any atom is -0.466 e. The third-order valence-corrected chi connectivity index (χ3v) is 4.05. The molecule has 0 spiro atoms. The highest BCUT2D eigenvalue weighted by Gasteiger charge is 2.23. The molecule has 1 aromatic rings. The lowest BCUT2D eigenvalue weighted by Gasteiger charge is -2.27. The van der Waals surface area contributed by atoms with Gasteiger partial charge in [-0.1, -0.05) is 36.9 Å². The van der Waals surface area contributed by atoms with Gasteiger partial charge in [0.2, 0.25) is 11.8 Å². The lowest BCUT2D eigenvalue weighted by molar-refractivity contribution is -0.137. The number of hydrogen-bond acceptors (Lipinski definition) is 4. The van der Waals surface area contributed by atoms with E-state index < -0.39 is 5.97 Å². The van der Waals surface area contributed by atoms with Crippen LogP contribution in [0.5, 0.6) is 0 Å². The molecular formula is C19H22N2O4. The predicted octanol–water partition coefficient (Wildman–Crippen LogP) is 1.36. The third kappa shape index (κ3) is 5.04. The van der Waals surface area contributed by atoms with E-state index in [4.69, 9.17) is 4.74 Å². The van der Waals surface area contributed by atoms with Crippen LogP contribution in [0.3, 0.4) is 0 Å². The van der Waals surface area contributed by atoms with E-state index in [0.717, 1.165) is 11.1 Å². The molecule has 0 unspecified atom stereocenters. The molecule has 6 nitrogen and oxygen atoms in total. The fourth-order valence-electron chi connectivity index (χ4n) is 2.67. The van der Waals surface area contributed by atoms with Crippen LogP contribution in [0, 0.1) is 0 Å². The lowest BCUT2D eigenvalue weighted by atomic mass is 10.0. The number of carbonyl (C=O) groups excluding carboxylic acids is 3. The number of benzene rings is 1. The molecule has 1 heterocycles. The zero-order valence-corrected chi connectivity index (χ0v) is 14.3. The summed E-state index contributed by atoms with van der Waals surface area (Å²) in [6, 6.07) is 7.47. The molecule has 0 fully saturated rings. The van der Waals surface area contributed by atoms with E-state index in [1.807, 2.05) is 30.3 Å². The van der Waals surface area contributed by atoms with Gasteiger partial charge in [0.05, 0.1) is 25.6 Å². The monoisotopic (exact) mass is 342 g/mol. The Kier molecular flexibility index (Phi) is 6.51. The average molecular weight is 342 g/mol. The van der Waals surface area contributed by atoms with Gasteiger partial charge in [0.1, 0.15) is 0 Å². The Morgan fingerprint density at radius 1 is 1.28 bits per heavy atom. The van der Waals surface area contributed by atoms with Crippen LogP contribution >= 0.6 is 0 Å². The summed E-state index contributed by atoms with van der Waals surface area (Å²) in [5.74, 6) is -0.716. The average Bonchev–Trinajstić information content (AvgIpc) is 2.66. The molecule has 0 aliphatic carbocycles. The van der Waals surface area contributed by atoms with Crippen molar-refractivity contribution in [3.63, 3.8) is 0 Å². The predicted molar refractivity (Wildman–Crippen MR) is 93.5 cm³/mol. The summed E-state index contributed by atoms with van der Waals surface area (Å²) in [5, 5.41) is 2.72. The molecule has 1 aromatic carbocycles. The first-order valence-electron chi connectivity index (χ1n) is 8.07. The Labute approximate surface area is 147 Å². The van der Waals surface area contributed by atoms with Gasteiger partial charge in [-0.25, -0.2) is 4.79 Å². The molecule has 0 atom stereocenters. The zero-order valence-electron chi connectivity index (χ0n) is 14.3. The fourth-order valence-corrected chi connectivity index (χ4v) is 2.67. The van der Waals surface area contributed by atoms with Crippen molar-refractivity contribution in [1.29, 1.82) is 0 Å². The Morgan fingerprint density at radius 3 is 2.68 bits per heavy atom. The first-order valence-corrected chi connectivity index (χ1v) is 8.07. The van der Waals surface area contributed by atoms with Crippen molar-refractivity contribution in [3.05, 3.63) is 59.7 Å². The quantitative estimate of drug-likeness (QED) is 0.626. The molecule has 0 saturated heterocycles. The maximum Gasteiger partial charge on any atom is 0.335 e. The Morgan fingerprint density at radius 2 is 2.00 bits per heavy atom. The number of ether oxygens (including phenoxy) is 1. The maximum absolute atomic E-state index is 12.6. The molecule has 0 aromatic heterocycles. The van der Waals surface area contributed by atoms with Crippen molar-refractivity contribution < 1.29 is 19.1 Å². The highest BCUT2D eigenvalue weighted by atomic mass is 16.5. The van der Waals surface area contributed by atoms with Crippen molar-refractivity contribution in [2.45, 2.75) is 19.4 Å². The number of nitrogens with zero attached hydrogens (tertiary/aromatic N) is 1. The van der Waals surface area contributed by atoms with Crippen LogP contribution in [0.1, 0.15) is 17.5 Å². The minimum absolute atomic E-state index is 0.0583. The first-order chi connectivity index (χ1) is 12.0. The van der Waals surface area contributed by atoms with E-state index >= 15 is 0 Å². The summed E-state index contributed by atoms with van der Waals surface area (Å²) < 4.78 is 4.73. The second-order valence-corrected chi connectivity index (χ2v) is 5.69. The van der Waals surface area contributed by atoms with Gasteiger partial charge in [0, 0.05) is 13.1 Å². The normalized spacial score (nSPS) is 13.6. The standard InChI is InChI=1S/C19H22N2O4/c1-3-17(22)20-12-15-8-5-4-7-14(15)11-18(23)21-10-6-9-16(13-21)19(24)25-2/h3-5,7-9H,1,6,10-13H2,2H3,(H,20,22). The van der Waals surface area contributed by atoms with Crippen LogP contribution < -0.4 is 5.32 Å². The molecular weight excluding hydrogens is 320 g/mol. The molecule has 2 rings (SSSR count). The molecule has 2 amide bonds. The Balaban J connectivity index is 2.03. The van der Waals surface area contributed by atoms with E-state index in [-0.39, 0.29) is 24.8 Å². The maximum atomic E-state index is 12.6. The number of esters is 1. The summed E-state index contributed by atoms with van der Waals surface area (Å²) in [5.41, 5.74) is 2.24. The van der Waals surface area contributed by atoms with Crippen LogP contribution in [0.2, 0.25) is 0 Å². The SMILES string of the molecule is C=CC(=O)NCc1ccccc1CC(=O)N1CCC=C(C(=O)OC)C1.